The van der Waals surface area contributed by atoms with E-state index in [-0.39, 0.29) is 17.0 Å². The lowest BCUT2D eigenvalue weighted by molar-refractivity contribution is -0.384. The zero-order valence-electron chi connectivity index (χ0n) is 15.8. The van der Waals surface area contributed by atoms with Crippen molar-refractivity contribution in [2.24, 2.45) is 0 Å². The summed E-state index contributed by atoms with van der Waals surface area (Å²) in [5.74, 6) is -1.97. The molecule has 1 aromatic carbocycles. The van der Waals surface area contributed by atoms with Crippen molar-refractivity contribution in [3.8, 4) is 11.3 Å². The van der Waals surface area contributed by atoms with Gasteiger partial charge in [-0.3, -0.25) is 10.1 Å². The molecule has 1 spiro atoms. The van der Waals surface area contributed by atoms with Gasteiger partial charge in [-0.1, -0.05) is 12.5 Å². The minimum atomic E-state index is -1.14. The van der Waals surface area contributed by atoms with E-state index in [0.29, 0.717) is 24.2 Å². The minimum Gasteiger partial charge on any atom is -0.457 e. The zero-order chi connectivity index (χ0) is 20.6. The molecule has 150 valence electrons. The van der Waals surface area contributed by atoms with E-state index in [2.05, 4.69) is 0 Å². The molecule has 0 unspecified atom stereocenters. The summed E-state index contributed by atoms with van der Waals surface area (Å²) in [7, 11) is 0. The van der Waals surface area contributed by atoms with Crippen LogP contribution in [0.2, 0.25) is 0 Å². The summed E-state index contributed by atoms with van der Waals surface area (Å²) in [6.45, 7) is 1.80. The number of carbonyl (C=O) groups is 2. The Morgan fingerprint density at radius 1 is 1.03 bits per heavy atom. The molecule has 1 saturated heterocycles. The fourth-order valence-corrected chi connectivity index (χ4v) is 3.67. The van der Waals surface area contributed by atoms with Gasteiger partial charge < -0.3 is 13.9 Å². The number of aryl methyl sites for hydroxylation is 1. The summed E-state index contributed by atoms with van der Waals surface area (Å²) in [6, 6.07) is 7.67. The van der Waals surface area contributed by atoms with E-state index in [4.69, 9.17) is 13.9 Å². The molecule has 0 bridgehead atoms. The number of nitro benzene ring substituents is 1. The lowest BCUT2D eigenvalue weighted by Crippen LogP contribution is -2.47. The smallest absolute Gasteiger partial charge is 0.349 e. The summed E-state index contributed by atoms with van der Waals surface area (Å²) in [4.78, 5) is 35.4. The number of ether oxygens (including phenoxy) is 2. The third-order valence-electron chi connectivity index (χ3n) is 5.22. The molecule has 0 N–H and O–H groups in total. The van der Waals surface area contributed by atoms with E-state index in [1.54, 1.807) is 25.1 Å². The maximum atomic E-state index is 12.4. The maximum absolute atomic E-state index is 12.4. The molecule has 2 aliphatic rings. The van der Waals surface area contributed by atoms with Gasteiger partial charge in [0.05, 0.1) is 4.92 Å². The molecule has 8 heteroatoms. The van der Waals surface area contributed by atoms with Crippen LogP contribution in [0.5, 0.6) is 0 Å². The predicted molar refractivity (Wildman–Crippen MR) is 102 cm³/mol. The minimum absolute atomic E-state index is 0.0564. The summed E-state index contributed by atoms with van der Waals surface area (Å²) >= 11 is 0. The Labute approximate surface area is 166 Å². The highest BCUT2D eigenvalue weighted by Crippen LogP contribution is 2.37. The number of nitrogens with zero attached hydrogens (tertiary/aromatic N) is 1. The zero-order valence-corrected chi connectivity index (χ0v) is 15.8. The van der Waals surface area contributed by atoms with Gasteiger partial charge in [-0.25, -0.2) is 9.59 Å². The summed E-state index contributed by atoms with van der Waals surface area (Å²) in [5.41, 5.74) is 1.05. The van der Waals surface area contributed by atoms with Crippen LogP contribution < -0.4 is 0 Å². The fraction of sp³-hybridized carbons (Fsp3) is 0.333. The molecular weight excluding hydrogens is 378 g/mol. The van der Waals surface area contributed by atoms with E-state index in [0.717, 1.165) is 24.8 Å². The van der Waals surface area contributed by atoms with Gasteiger partial charge in [0, 0.05) is 36.6 Å². The van der Waals surface area contributed by atoms with Gasteiger partial charge in [0.25, 0.3) is 11.5 Å². The monoisotopic (exact) mass is 397 g/mol. The van der Waals surface area contributed by atoms with Gasteiger partial charge in [0.15, 0.2) is 0 Å². The number of carbonyl (C=O) groups excluding carboxylic acids is 2. The first-order chi connectivity index (χ1) is 13.9. The van der Waals surface area contributed by atoms with Crippen molar-refractivity contribution < 1.29 is 28.4 Å². The first kappa shape index (κ1) is 18.9. The Morgan fingerprint density at radius 2 is 1.72 bits per heavy atom. The van der Waals surface area contributed by atoms with Gasteiger partial charge in [0.1, 0.15) is 17.1 Å². The van der Waals surface area contributed by atoms with Gasteiger partial charge in [-0.15, -0.1) is 0 Å². The van der Waals surface area contributed by atoms with Crippen LogP contribution in [-0.4, -0.2) is 22.6 Å². The number of non-ortho nitro benzene ring substituents is 1. The molecule has 1 aliphatic heterocycles. The molecule has 2 aromatic rings. The summed E-state index contributed by atoms with van der Waals surface area (Å²) in [6.07, 6.45) is 4.99. The van der Waals surface area contributed by atoms with Crippen molar-refractivity contribution in [3.63, 3.8) is 0 Å². The molecule has 29 heavy (non-hydrogen) atoms. The third-order valence-corrected chi connectivity index (χ3v) is 5.22. The quantitative estimate of drug-likeness (QED) is 0.250. The molecule has 0 radical (unpaired) electrons. The van der Waals surface area contributed by atoms with Crippen LogP contribution in [0.3, 0.4) is 0 Å². The molecule has 2 heterocycles. The third kappa shape index (κ3) is 3.65. The average molecular weight is 397 g/mol. The second kappa shape index (κ2) is 7.20. The number of benzene rings is 1. The van der Waals surface area contributed by atoms with E-state index in [1.165, 1.54) is 18.2 Å². The van der Waals surface area contributed by atoms with Crippen LogP contribution in [0.25, 0.3) is 17.4 Å². The Hall–Kier alpha value is -3.42. The van der Waals surface area contributed by atoms with Crippen molar-refractivity contribution >= 4 is 23.7 Å². The largest absolute Gasteiger partial charge is 0.457 e. The second-order valence-corrected chi connectivity index (χ2v) is 7.27. The Morgan fingerprint density at radius 3 is 2.38 bits per heavy atom. The summed E-state index contributed by atoms with van der Waals surface area (Å²) < 4.78 is 16.6. The predicted octanol–water partition coefficient (Wildman–Crippen LogP) is 4.31. The molecule has 4 rings (SSSR count). The van der Waals surface area contributed by atoms with Crippen molar-refractivity contribution in [1.82, 2.24) is 0 Å². The Balaban J connectivity index is 1.60. The topological polar surface area (TPSA) is 109 Å². The first-order valence-electron chi connectivity index (χ1n) is 9.40. The van der Waals surface area contributed by atoms with E-state index in [9.17, 15) is 19.7 Å². The first-order valence-corrected chi connectivity index (χ1v) is 9.40. The highest BCUT2D eigenvalue weighted by atomic mass is 16.7. The lowest BCUT2D eigenvalue weighted by atomic mass is 9.93. The van der Waals surface area contributed by atoms with Crippen LogP contribution in [0, 0.1) is 17.0 Å². The highest BCUT2D eigenvalue weighted by molar-refractivity contribution is 6.18. The van der Waals surface area contributed by atoms with Gasteiger partial charge >= 0.3 is 11.9 Å². The molecular formula is C21H19NO7. The number of rotatable bonds is 3. The molecule has 1 aliphatic carbocycles. The van der Waals surface area contributed by atoms with Crippen LogP contribution in [0.1, 0.15) is 43.4 Å². The molecule has 1 aromatic heterocycles. The number of hydrogen-bond acceptors (Lipinski definition) is 7. The second-order valence-electron chi connectivity index (χ2n) is 7.27. The van der Waals surface area contributed by atoms with Gasteiger partial charge in [-0.05, 0) is 37.5 Å². The standard InChI is InChI=1S/C21H19NO7/c1-13-5-6-14(22(25)26)11-16(13)18-8-7-15(27-18)12-17-19(23)28-21(29-20(17)24)9-3-2-4-10-21/h5-8,11-12H,2-4,9-10H2,1H3. The summed E-state index contributed by atoms with van der Waals surface area (Å²) in [5, 5.41) is 11.0. The van der Waals surface area contributed by atoms with Crippen LogP contribution in [0.4, 0.5) is 5.69 Å². The van der Waals surface area contributed by atoms with E-state index in [1.807, 2.05) is 0 Å². The highest BCUT2D eigenvalue weighted by Gasteiger charge is 2.46. The van der Waals surface area contributed by atoms with E-state index < -0.39 is 22.6 Å². The number of furan rings is 1. The number of nitro groups is 1. The van der Waals surface area contributed by atoms with Crippen molar-refractivity contribution in [2.45, 2.75) is 44.8 Å². The normalized spacial score (nSPS) is 18.3. The molecule has 2 fully saturated rings. The molecule has 1 saturated carbocycles. The number of esters is 2. The Kier molecular flexibility index (Phi) is 4.70. The molecule has 8 nitrogen and oxygen atoms in total. The van der Waals surface area contributed by atoms with Crippen LogP contribution in [0.15, 0.2) is 40.3 Å². The van der Waals surface area contributed by atoms with Crippen molar-refractivity contribution in [1.29, 1.82) is 0 Å². The molecule has 0 amide bonds. The Bertz CT molecular complexity index is 1010. The fourth-order valence-electron chi connectivity index (χ4n) is 3.67. The SMILES string of the molecule is Cc1ccc([N+](=O)[O-])cc1-c1ccc(C=C2C(=O)OC3(CCCCC3)OC2=O)o1. The van der Waals surface area contributed by atoms with Gasteiger partial charge in [0.2, 0.25) is 0 Å². The molecule has 0 atom stereocenters. The van der Waals surface area contributed by atoms with Crippen LogP contribution in [-0.2, 0) is 19.1 Å². The van der Waals surface area contributed by atoms with Crippen molar-refractivity contribution in [2.75, 3.05) is 0 Å². The van der Waals surface area contributed by atoms with Crippen LogP contribution >= 0.6 is 0 Å². The lowest BCUT2D eigenvalue weighted by Gasteiger charge is -2.38. The number of hydrogen-bond donors (Lipinski definition) is 0. The van der Waals surface area contributed by atoms with E-state index >= 15 is 0 Å². The van der Waals surface area contributed by atoms with Crippen molar-refractivity contribution in [3.05, 3.63) is 57.3 Å². The average Bonchev–Trinajstić information content (AvgIpc) is 3.14. The van der Waals surface area contributed by atoms with Gasteiger partial charge in [-0.2, -0.15) is 0 Å². The maximum Gasteiger partial charge on any atom is 0.349 e.